The molecule has 0 saturated carbocycles. The zero-order valence-corrected chi connectivity index (χ0v) is 11.8. The Labute approximate surface area is 122 Å². The number of hydrogen-bond acceptors (Lipinski definition) is 2. The van der Waals surface area contributed by atoms with Crippen LogP contribution in [-0.4, -0.2) is 5.91 Å². The average Bonchev–Trinajstić information content (AvgIpc) is 2.62. The second kappa shape index (κ2) is 5.55. The highest BCUT2D eigenvalue weighted by Crippen LogP contribution is 2.39. The molecular formula is C17H15NOS. The number of carbonyl (C=O) groups is 1. The van der Waals surface area contributed by atoms with Crippen molar-refractivity contribution in [2.45, 2.75) is 17.1 Å². The molecular weight excluding hydrogens is 266 g/mol. The smallest absolute Gasteiger partial charge is 0.221 e. The van der Waals surface area contributed by atoms with Crippen molar-refractivity contribution >= 4 is 23.2 Å². The van der Waals surface area contributed by atoms with Crippen LogP contribution in [0.5, 0.6) is 0 Å². The number of benzene rings is 2. The fraction of sp³-hybridized carbons (Fsp3) is 0.118. The van der Waals surface area contributed by atoms with Crippen LogP contribution in [0.15, 0.2) is 59.5 Å². The Morgan fingerprint density at radius 3 is 2.60 bits per heavy atom. The minimum atomic E-state index is -0.302. The zero-order chi connectivity index (χ0) is 13.9. The molecule has 2 aromatic carbocycles. The quantitative estimate of drug-likeness (QED) is 0.914. The van der Waals surface area contributed by atoms with E-state index in [1.807, 2.05) is 36.0 Å². The number of nitrogens with two attached hydrogens (primary N) is 1. The Bertz CT molecular complexity index is 641. The van der Waals surface area contributed by atoms with E-state index in [1.54, 1.807) is 0 Å². The SMILES string of the molecule is NC(=O)CC=C1c2ccccc2CSc2ccccc21. The molecule has 1 heterocycles. The van der Waals surface area contributed by atoms with Gasteiger partial charge in [0.1, 0.15) is 0 Å². The summed E-state index contributed by atoms with van der Waals surface area (Å²) in [5.41, 5.74) is 10.1. The second-order valence-electron chi connectivity index (χ2n) is 4.73. The van der Waals surface area contributed by atoms with Gasteiger partial charge in [-0.25, -0.2) is 0 Å². The Hall–Kier alpha value is -2.00. The predicted octanol–water partition coefficient (Wildman–Crippen LogP) is 3.60. The van der Waals surface area contributed by atoms with Gasteiger partial charge >= 0.3 is 0 Å². The third-order valence-corrected chi connectivity index (χ3v) is 4.50. The number of rotatable bonds is 2. The number of thioether (sulfide) groups is 1. The number of carbonyl (C=O) groups excluding carboxylic acids is 1. The Morgan fingerprint density at radius 1 is 1.10 bits per heavy atom. The van der Waals surface area contributed by atoms with Gasteiger partial charge in [-0.3, -0.25) is 4.79 Å². The van der Waals surface area contributed by atoms with Crippen LogP contribution in [0.25, 0.3) is 5.57 Å². The third-order valence-electron chi connectivity index (χ3n) is 3.38. The monoisotopic (exact) mass is 281 g/mol. The van der Waals surface area contributed by atoms with Crippen LogP contribution in [0.1, 0.15) is 23.1 Å². The maximum Gasteiger partial charge on any atom is 0.221 e. The van der Waals surface area contributed by atoms with Crippen molar-refractivity contribution in [3.05, 3.63) is 71.3 Å². The van der Waals surface area contributed by atoms with Crippen LogP contribution in [0.3, 0.4) is 0 Å². The van der Waals surface area contributed by atoms with E-state index < -0.39 is 0 Å². The molecule has 0 bridgehead atoms. The normalized spacial score (nSPS) is 15.3. The lowest BCUT2D eigenvalue weighted by molar-refractivity contribution is -0.117. The van der Waals surface area contributed by atoms with Crippen LogP contribution >= 0.6 is 11.8 Å². The molecule has 0 saturated heterocycles. The summed E-state index contributed by atoms with van der Waals surface area (Å²) in [4.78, 5) is 12.4. The molecule has 0 unspecified atom stereocenters. The van der Waals surface area contributed by atoms with Gasteiger partial charge in [0.05, 0.1) is 0 Å². The molecule has 2 N–H and O–H groups in total. The zero-order valence-electron chi connectivity index (χ0n) is 11.0. The molecule has 1 amide bonds. The highest BCUT2D eigenvalue weighted by Gasteiger charge is 2.17. The van der Waals surface area contributed by atoms with E-state index in [9.17, 15) is 4.79 Å². The summed E-state index contributed by atoms with van der Waals surface area (Å²) < 4.78 is 0. The Kier molecular flexibility index (Phi) is 3.61. The van der Waals surface area contributed by atoms with Crippen LogP contribution in [0.2, 0.25) is 0 Å². The summed E-state index contributed by atoms with van der Waals surface area (Å²) in [6, 6.07) is 16.7. The van der Waals surface area contributed by atoms with Crippen molar-refractivity contribution < 1.29 is 4.79 Å². The first-order valence-corrected chi connectivity index (χ1v) is 7.53. The molecule has 0 spiro atoms. The number of amides is 1. The van der Waals surface area contributed by atoms with Crippen LogP contribution in [0.4, 0.5) is 0 Å². The molecule has 0 fully saturated rings. The largest absolute Gasteiger partial charge is 0.369 e. The summed E-state index contributed by atoms with van der Waals surface area (Å²) in [5.74, 6) is 0.644. The van der Waals surface area contributed by atoms with E-state index >= 15 is 0 Å². The van der Waals surface area contributed by atoms with Crippen molar-refractivity contribution in [2.24, 2.45) is 5.73 Å². The molecule has 0 aromatic heterocycles. The number of primary amides is 1. The van der Waals surface area contributed by atoms with Crippen LogP contribution in [0, 0.1) is 0 Å². The highest BCUT2D eigenvalue weighted by molar-refractivity contribution is 7.98. The minimum Gasteiger partial charge on any atom is -0.369 e. The van der Waals surface area contributed by atoms with Crippen LogP contribution in [-0.2, 0) is 10.5 Å². The molecule has 3 heteroatoms. The summed E-state index contributed by atoms with van der Waals surface area (Å²) in [6.45, 7) is 0. The van der Waals surface area contributed by atoms with Gasteiger partial charge in [0, 0.05) is 17.1 Å². The topological polar surface area (TPSA) is 43.1 Å². The van der Waals surface area contributed by atoms with Gasteiger partial charge in [0.2, 0.25) is 5.91 Å². The molecule has 0 radical (unpaired) electrons. The molecule has 3 rings (SSSR count). The van der Waals surface area contributed by atoms with E-state index in [-0.39, 0.29) is 12.3 Å². The summed E-state index contributed by atoms with van der Waals surface area (Å²) in [7, 11) is 0. The first-order valence-electron chi connectivity index (χ1n) is 6.54. The van der Waals surface area contributed by atoms with Gasteiger partial charge in [-0.2, -0.15) is 0 Å². The first kappa shape index (κ1) is 13.0. The average molecular weight is 281 g/mol. The molecule has 2 aromatic rings. The highest BCUT2D eigenvalue weighted by atomic mass is 32.2. The summed E-state index contributed by atoms with van der Waals surface area (Å²) in [6.07, 6.45) is 2.22. The lowest BCUT2D eigenvalue weighted by atomic mass is 9.93. The maximum absolute atomic E-state index is 11.1. The molecule has 1 aliphatic heterocycles. The summed E-state index contributed by atoms with van der Waals surface area (Å²) >= 11 is 1.83. The lowest BCUT2D eigenvalue weighted by Crippen LogP contribution is -2.08. The maximum atomic E-state index is 11.1. The lowest BCUT2D eigenvalue weighted by Gasteiger charge is -2.10. The van der Waals surface area contributed by atoms with Gasteiger partial charge in [0.25, 0.3) is 0 Å². The molecule has 2 nitrogen and oxygen atoms in total. The fourth-order valence-electron chi connectivity index (χ4n) is 2.45. The Morgan fingerprint density at radius 2 is 1.80 bits per heavy atom. The van der Waals surface area contributed by atoms with Crippen molar-refractivity contribution in [3.63, 3.8) is 0 Å². The van der Waals surface area contributed by atoms with Gasteiger partial charge < -0.3 is 5.73 Å². The standard InChI is InChI=1S/C17H15NOS/c18-17(19)10-9-14-13-6-2-1-5-12(13)11-20-16-8-4-3-7-15(14)16/h1-9H,10-11H2,(H2,18,19). The fourth-order valence-corrected chi connectivity index (χ4v) is 3.52. The van der Waals surface area contributed by atoms with Crippen molar-refractivity contribution in [3.8, 4) is 0 Å². The van der Waals surface area contributed by atoms with Crippen molar-refractivity contribution in [2.75, 3.05) is 0 Å². The van der Waals surface area contributed by atoms with E-state index in [4.69, 9.17) is 5.73 Å². The molecule has 0 atom stereocenters. The number of fused-ring (bicyclic) bond motifs is 2. The van der Waals surface area contributed by atoms with Crippen molar-refractivity contribution in [1.82, 2.24) is 0 Å². The summed E-state index contributed by atoms with van der Waals surface area (Å²) in [5, 5.41) is 0. The second-order valence-corrected chi connectivity index (χ2v) is 5.75. The van der Waals surface area contributed by atoms with Gasteiger partial charge in [0.15, 0.2) is 0 Å². The first-order chi connectivity index (χ1) is 9.75. The molecule has 20 heavy (non-hydrogen) atoms. The van der Waals surface area contributed by atoms with Gasteiger partial charge in [-0.15, -0.1) is 11.8 Å². The van der Waals surface area contributed by atoms with E-state index in [2.05, 4.69) is 30.3 Å². The van der Waals surface area contributed by atoms with Gasteiger partial charge in [-0.05, 0) is 28.3 Å². The third kappa shape index (κ3) is 2.49. The van der Waals surface area contributed by atoms with Gasteiger partial charge in [-0.1, -0.05) is 48.5 Å². The van der Waals surface area contributed by atoms with E-state index in [0.717, 1.165) is 11.3 Å². The molecule has 0 aliphatic carbocycles. The predicted molar refractivity (Wildman–Crippen MR) is 83.3 cm³/mol. The minimum absolute atomic E-state index is 0.267. The van der Waals surface area contributed by atoms with E-state index in [0.29, 0.717) is 0 Å². The number of hydrogen-bond donors (Lipinski definition) is 1. The Balaban J connectivity index is 2.19. The van der Waals surface area contributed by atoms with Crippen molar-refractivity contribution in [1.29, 1.82) is 0 Å². The molecule has 100 valence electrons. The molecule has 1 aliphatic rings. The van der Waals surface area contributed by atoms with E-state index in [1.165, 1.54) is 21.6 Å². The van der Waals surface area contributed by atoms with Crippen LogP contribution < -0.4 is 5.73 Å².